The Morgan fingerprint density at radius 1 is 1.22 bits per heavy atom. The van der Waals surface area contributed by atoms with Crippen molar-refractivity contribution < 1.29 is 4.48 Å². The predicted octanol–water partition coefficient (Wildman–Crippen LogP) is 1.40. The minimum Gasteiger partial charge on any atom is -0.326 e. The number of nitrogens with zero attached hydrogens (tertiary/aromatic N) is 1. The lowest BCUT2D eigenvalue weighted by atomic mass is 10.4. The predicted molar refractivity (Wildman–Crippen MR) is 46.0 cm³/mol. The molecule has 1 nitrogen and oxygen atoms in total. The van der Waals surface area contributed by atoms with Gasteiger partial charge in [0.15, 0.2) is 0 Å². The van der Waals surface area contributed by atoms with E-state index in [1.807, 2.05) is 0 Å². The summed E-state index contributed by atoms with van der Waals surface area (Å²) in [4.78, 5) is 0. The van der Waals surface area contributed by atoms with Gasteiger partial charge in [0.25, 0.3) is 0 Å². The lowest BCUT2D eigenvalue weighted by Crippen LogP contribution is -2.44. The average Bonchev–Trinajstić information content (AvgIpc) is 1.89. The van der Waals surface area contributed by atoms with Gasteiger partial charge in [0.2, 0.25) is 0 Å². The van der Waals surface area contributed by atoms with Crippen molar-refractivity contribution in [3.05, 3.63) is 0 Å². The Bertz CT molecular complexity index is 69.3. The Morgan fingerprint density at radius 2 is 1.67 bits per heavy atom. The number of quaternary nitrogens is 1. The monoisotopic (exact) mass is 148 g/mol. The number of thiol groups is 1. The summed E-state index contributed by atoms with van der Waals surface area (Å²) in [7, 11) is 2.27. The van der Waals surface area contributed by atoms with Gasteiger partial charge in [-0.15, -0.1) is 0 Å². The minimum absolute atomic E-state index is 0.998. The van der Waals surface area contributed by atoms with E-state index in [1.165, 1.54) is 19.6 Å². The van der Waals surface area contributed by atoms with Crippen molar-refractivity contribution in [1.82, 2.24) is 0 Å². The van der Waals surface area contributed by atoms with Gasteiger partial charge in [0, 0.05) is 5.75 Å². The Kier molecular flexibility index (Phi) is 4.32. The highest BCUT2D eigenvalue weighted by atomic mass is 32.1. The van der Waals surface area contributed by atoms with Crippen LogP contribution in [0.2, 0.25) is 0 Å². The summed E-state index contributed by atoms with van der Waals surface area (Å²) < 4.78 is 1.16. The smallest absolute Gasteiger partial charge is 0.0873 e. The van der Waals surface area contributed by atoms with E-state index in [-0.39, 0.29) is 0 Å². The first kappa shape index (κ1) is 9.31. The topological polar surface area (TPSA) is 0 Å². The summed E-state index contributed by atoms with van der Waals surface area (Å²) >= 11 is 4.21. The van der Waals surface area contributed by atoms with Crippen molar-refractivity contribution >= 4 is 12.6 Å². The highest BCUT2D eigenvalue weighted by molar-refractivity contribution is 7.80. The van der Waals surface area contributed by atoms with Crippen LogP contribution in [0.5, 0.6) is 0 Å². The van der Waals surface area contributed by atoms with Gasteiger partial charge < -0.3 is 4.48 Å². The molecule has 9 heavy (non-hydrogen) atoms. The first-order chi connectivity index (χ1) is 4.18. The molecule has 0 unspecified atom stereocenters. The van der Waals surface area contributed by atoms with Crippen LogP contribution in [0.1, 0.15) is 13.8 Å². The van der Waals surface area contributed by atoms with E-state index in [4.69, 9.17) is 0 Å². The third-order valence-corrected chi connectivity index (χ3v) is 2.37. The van der Waals surface area contributed by atoms with Crippen LogP contribution < -0.4 is 0 Å². The van der Waals surface area contributed by atoms with Crippen LogP contribution >= 0.6 is 12.6 Å². The van der Waals surface area contributed by atoms with E-state index in [9.17, 15) is 0 Å². The number of hydrogen-bond donors (Lipinski definition) is 1. The molecule has 0 saturated carbocycles. The molecular formula is C7H18NS+. The van der Waals surface area contributed by atoms with Gasteiger partial charge in [0.1, 0.15) is 0 Å². The van der Waals surface area contributed by atoms with Gasteiger partial charge in [-0.25, -0.2) is 0 Å². The van der Waals surface area contributed by atoms with E-state index in [2.05, 4.69) is 33.5 Å². The van der Waals surface area contributed by atoms with Gasteiger partial charge in [-0.1, -0.05) is 0 Å². The van der Waals surface area contributed by atoms with Crippen LogP contribution in [-0.2, 0) is 0 Å². The summed E-state index contributed by atoms with van der Waals surface area (Å²) in [5.41, 5.74) is 0. The van der Waals surface area contributed by atoms with Crippen LogP contribution in [0, 0.1) is 0 Å². The van der Waals surface area contributed by atoms with Crippen LogP contribution in [0.15, 0.2) is 0 Å². The first-order valence-corrected chi connectivity index (χ1v) is 4.26. The van der Waals surface area contributed by atoms with Crippen molar-refractivity contribution in [3.8, 4) is 0 Å². The maximum atomic E-state index is 4.21. The van der Waals surface area contributed by atoms with Gasteiger partial charge in [-0.05, 0) is 13.8 Å². The molecular weight excluding hydrogens is 130 g/mol. The maximum absolute atomic E-state index is 4.21. The highest BCUT2D eigenvalue weighted by Crippen LogP contribution is 2.00. The fourth-order valence-electron chi connectivity index (χ4n) is 0.781. The quantitative estimate of drug-likeness (QED) is 0.452. The molecule has 0 atom stereocenters. The van der Waals surface area contributed by atoms with Crippen molar-refractivity contribution in [2.75, 3.05) is 32.4 Å². The van der Waals surface area contributed by atoms with Crippen LogP contribution in [0.4, 0.5) is 0 Å². The summed E-state index contributed by atoms with van der Waals surface area (Å²) in [6.07, 6.45) is 0. The Morgan fingerprint density at radius 3 is 1.78 bits per heavy atom. The molecule has 0 radical (unpaired) electrons. The van der Waals surface area contributed by atoms with Crippen LogP contribution in [0.3, 0.4) is 0 Å². The Labute approximate surface area is 64.1 Å². The molecule has 0 N–H and O–H groups in total. The molecule has 0 bridgehead atoms. The summed E-state index contributed by atoms with van der Waals surface area (Å²) in [5, 5.41) is 0. The van der Waals surface area contributed by atoms with Gasteiger partial charge in [-0.3, -0.25) is 0 Å². The second-order valence-corrected chi connectivity index (χ2v) is 3.15. The molecule has 0 aliphatic rings. The molecule has 0 spiro atoms. The second-order valence-electron chi connectivity index (χ2n) is 2.70. The standard InChI is InChI=1S/C7H17NS/c1-4-8(3,5-2)6-7-9/h4-7H2,1-3H3/p+1. The number of rotatable bonds is 4. The van der Waals surface area contributed by atoms with Gasteiger partial charge in [-0.2, -0.15) is 12.6 Å². The van der Waals surface area contributed by atoms with Crippen molar-refractivity contribution in [2.45, 2.75) is 13.8 Å². The summed E-state index contributed by atoms with van der Waals surface area (Å²) in [5.74, 6) is 0.998. The molecule has 0 aromatic carbocycles. The largest absolute Gasteiger partial charge is 0.326 e. The zero-order valence-electron chi connectivity index (χ0n) is 6.72. The van der Waals surface area contributed by atoms with Gasteiger partial charge in [0.05, 0.1) is 26.7 Å². The molecule has 0 aromatic rings. The fourth-order valence-corrected chi connectivity index (χ4v) is 1.26. The fraction of sp³-hybridized carbons (Fsp3) is 1.00. The molecule has 56 valence electrons. The van der Waals surface area contributed by atoms with E-state index in [1.54, 1.807) is 0 Å². The van der Waals surface area contributed by atoms with Gasteiger partial charge >= 0.3 is 0 Å². The lowest BCUT2D eigenvalue weighted by Gasteiger charge is -2.31. The van der Waals surface area contributed by atoms with Crippen LogP contribution in [-0.4, -0.2) is 36.9 Å². The second kappa shape index (κ2) is 4.18. The molecule has 0 amide bonds. The first-order valence-electron chi connectivity index (χ1n) is 3.63. The normalized spacial score (nSPS) is 12.0. The van der Waals surface area contributed by atoms with E-state index in [0.29, 0.717) is 0 Å². The lowest BCUT2D eigenvalue weighted by molar-refractivity contribution is -0.903. The number of hydrogen-bond acceptors (Lipinski definition) is 1. The Hall–Kier alpha value is 0.310. The molecule has 0 heterocycles. The molecule has 0 rings (SSSR count). The molecule has 0 aliphatic heterocycles. The van der Waals surface area contributed by atoms with E-state index >= 15 is 0 Å². The zero-order chi connectivity index (χ0) is 7.33. The van der Waals surface area contributed by atoms with Crippen molar-refractivity contribution in [3.63, 3.8) is 0 Å². The molecule has 2 heteroatoms. The maximum Gasteiger partial charge on any atom is 0.0873 e. The molecule has 0 aliphatic carbocycles. The average molecular weight is 148 g/mol. The van der Waals surface area contributed by atoms with E-state index in [0.717, 1.165) is 10.2 Å². The molecule has 0 saturated heterocycles. The Balaban J connectivity index is 3.62. The molecule has 0 aromatic heterocycles. The third-order valence-electron chi connectivity index (χ3n) is 2.17. The zero-order valence-corrected chi connectivity index (χ0v) is 7.62. The summed E-state index contributed by atoms with van der Waals surface area (Å²) in [6.45, 7) is 8.09. The van der Waals surface area contributed by atoms with E-state index < -0.39 is 0 Å². The minimum atomic E-state index is 0.998. The highest BCUT2D eigenvalue weighted by Gasteiger charge is 2.13. The summed E-state index contributed by atoms with van der Waals surface area (Å²) in [6, 6.07) is 0. The molecule has 0 fully saturated rings. The van der Waals surface area contributed by atoms with Crippen LogP contribution in [0.25, 0.3) is 0 Å². The third kappa shape index (κ3) is 3.11. The van der Waals surface area contributed by atoms with Crippen molar-refractivity contribution in [1.29, 1.82) is 0 Å². The SMILES string of the molecule is CC[N+](C)(CC)CCS. The van der Waals surface area contributed by atoms with Crippen molar-refractivity contribution in [2.24, 2.45) is 0 Å².